The van der Waals surface area contributed by atoms with Gasteiger partial charge in [0, 0.05) is 5.75 Å². The first kappa shape index (κ1) is 22.4. The molecule has 0 saturated carbocycles. The molecule has 20 heavy (non-hydrogen) atoms. The average Bonchev–Trinajstić information content (AvgIpc) is 2.40. The van der Waals surface area contributed by atoms with Gasteiger partial charge in [0.25, 0.3) is 0 Å². The molecule has 122 valence electrons. The molecule has 0 bridgehead atoms. The van der Waals surface area contributed by atoms with E-state index >= 15 is 0 Å². The van der Waals surface area contributed by atoms with Crippen LogP contribution in [0.4, 0.5) is 0 Å². The zero-order chi connectivity index (χ0) is 15.6. The number of hydrogen-bond acceptors (Lipinski definition) is 5. The van der Waals surface area contributed by atoms with Crippen molar-refractivity contribution in [1.82, 2.24) is 0 Å². The van der Waals surface area contributed by atoms with Gasteiger partial charge in [0.05, 0.1) is 13.2 Å². The molecule has 0 heterocycles. The fourth-order valence-electron chi connectivity index (χ4n) is 0.938. The van der Waals surface area contributed by atoms with Gasteiger partial charge in [0.2, 0.25) is 0 Å². The van der Waals surface area contributed by atoms with Crippen LogP contribution in [0.1, 0.15) is 59.3 Å². The Labute approximate surface area is 129 Å². The first-order valence-electron chi connectivity index (χ1n) is 7.30. The minimum absolute atomic E-state index is 0.235. The predicted molar refractivity (Wildman–Crippen MR) is 90.1 cm³/mol. The Hall–Kier alpha value is 0.130. The maximum Gasteiger partial charge on any atom is 0.329 e. The summed E-state index contributed by atoms with van der Waals surface area (Å²) in [6.45, 7) is 7.50. The van der Waals surface area contributed by atoms with E-state index in [2.05, 4.69) is 20.8 Å². The highest BCUT2D eigenvalue weighted by molar-refractivity contribution is 8.13. The monoisotopic (exact) mass is 326 g/mol. The molecule has 0 rings (SSSR count). The molecule has 0 fully saturated rings. The van der Waals surface area contributed by atoms with Crippen LogP contribution in [0.3, 0.4) is 0 Å². The van der Waals surface area contributed by atoms with Crippen molar-refractivity contribution in [1.29, 1.82) is 5.41 Å². The van der Waals surface area contributed by atoms with E-state index in [1.165, 1.54) is 18.2 Å². The fraction of sp³-hybridized carbons (Fsp3) is 0.923. The first-order chi connectivity index (χ1) is 9.58. The average molecular weight is 326 g/mol. The second kappa shape index (κ2) is 19.1. The number of rotatable bonds is 11. The number of hydrogen-bond donors (Lipinski definition) is 3. The summed E-state index contributed by atoms with van der Waals surface area (Å²) in [5.41, 5.74) is 5.08. The summed E-state index contributed by atoms with van der Waals surface area (Å²) >= 11 is 1.42. The molecule has 7 heteroatoms. The molecule has 0 atom stereocenters. The van der Waals surface area contributed by atoms with Crippen LogP contribution in [-0.4, -0.2) is 29.0 Å². The molecule has 0 amide bonds. The van der Waals surface area contributed by atoms with Gasteiger partial charge in [-0.2, -0.15) is 0 Å². The van der Waals surface area contributed by atoms with Crippen LogP contribution in [0.2, 0.25) is 0 Å². The van der Waals surface area contributed by atoms with Crippen molar-refractivity contribution in [3.05, 3.63) is 0 Å². The van der Waals surface area contributed by atoms with Gasteiger partial charge in [-0.1, -0.05) is 51.8 Å². The van der Waals surface area contributed by atoms with Gasteiger partial charge in [-0.25, -0.2) is 0 Å². The Balaban J connectivity index is 0. The van der Waals surface area contributed by atoms with Crippen LogP contribution in [0.5, 0.6) is 0 Å². The van der Waals surface area contributed by atoms with Crippen molar-refractivity contribution >= 4 is 25.5 Å². The lowest BCUT2D eigenvalue weighted by Crippen LogP contribution is -2.04. The smallest absolute Gasteiger partial charge is 0.329 e. The van der Waals surface area contributed by atoms with Crippen molar-refractivity contribution in [2.24, 2.45) is 5.73 Å². The van der Waals surface area contributed by atoms with E-state index in [0.717, 1.165) is 37.9 Å². The minimum Gasteiger partial charge on any atom is -0.379 e. The van der Waals surface area contributed by atoms with Gasteiger partial charge in [-0.3, -0.25) is 5.41 Å². The van der Waals surface area contributed by atoms with E-state index in [4.69, 9.17) is 25.1 Å². The highest BCUT2D eigenvalue weighted by atomic mass is 32.2. The minimum atomic E-state index is -1.60. The summed E-state index contributed by atoms with van der Waals surface area (Å²) in [4.78, 5) is 9.12. The number of nitrogens with two attached hydrogens (primary N) is 1. The highest BCUT2D eigenvalue weighted by Gasteiger charge is 2.04. The fourth-order valence-corrected chi connectivity index (χ4v) is 2.24. The third kappa shape index (κ3) is 23.2. The number of nitrogens with one attached hydrogen (secondary N) is 1. The van der Waals surface area contributed by atoms with Gasteiger partial charge in [0.15, 0.2) is 5.17 Å². The maximum absolute atomic E-state index is 9.12. The van der Waals surface area contributed by atoms with Crippen molar-refractivity contribution < 1.29 is 13.9 Å². The summed E-state index contributed by atoms with van der Waals surface area (Å²) < 4.78 is 10.1. The molecule has 0 radical (unpaired) electrons. The molecular formula is C13H31N2O3PS. The molecule has 0 aliphatic rings. The molecule has 0 aliphatic heterocycles. The van der Waals surface area contributed by atoms with Crippen LogP contribution in [0.15, 0.2) is 0 Å². The Bertz CT molecular complexity index is 202. The Morgan fingerprint density at radius 1 is 1.05 bits per heavy atom. The quantitative estimate of drug-likeness (QED) is 0.228. The SMILES string of the molecule is CCCCOP(O)OCCCC.CCCCSC(=N)N. The van der Waals surface area contributed by atoms with Crippen LogP contribution in [0, 0.1) is 5.41 Å². The Morgan fingerprint density at radius 3 is 1.85 bits per heavy atom. The maximum atomic E-state index is 9.12. The normalized spacial score (nSPS) is 10.2. The van der Waals surface area contributed by atoms with E-state index in [0.29, 0.717) is 13.2 Å². The summed E-state index contributed by atoms with van der Waals surface area (Å²) in [6.07, 6.45) is 6.47. The van der Waals surface area contributed by atoms with Gasteiger partial charge >= 0.3 is 8.60 Å². The molecular weight excluding hydrogens is 295 g/mol. The zero-order valence-electron chi connectivity index (χ0n) is 13.1. The zero-order valence-corrected chi connectivity index (χ0v) is 14.8. The van der Waals surface area contributed by atoms with E-state index in [9.17, 15) is 0 Å². The summed E-state index contributed by atoms with van der Waals surface area (Å²) in [5, 5.41) is 7.05. The first-order valence-corrected chi connectivity index (χ1v) is 9.41. The summed E-state index contributed by atoms with van der Waals surface area (Å²) in [7, 11) is -1.60. The van der Waals surface area contributed by atoms with Gasteiger partial charge in [0.1, 0.15) is 0 Å². The van der Waals surface area contributed by atoms with Gasteiger partial charge in [-0.05, 0) is 19.3 Å². The van der Waals surface area contributed by atoms with E-state index in [-0.39, 0.29) is 5.17 Å². The second-order valence-corrected chi connectivity index (χ2v) is 6.31. The van der Waals surface area contributed by atoms with Gasteiger partial charge < -0.3 is 19.7 Å². The molecule has 0 aromatic rings. The van der Waals surface area contributed by atoms with Crippen LogP contribution in [0.25, 0.3) is 0 Å². The van der Waals surface area contributed by atoms with Crippen LogP contribution < -0.4 is 5.73 Å². The number of amidine groups is 1. The summed E-state index contributed by atoms with van der Waals surface area (Å²) in [5.74, 6) is 0.992. The molecule has 0 spiro atoms. The molecule has 0 aromatic heterocycles. The lowest BCUT2D eigenvalue weighted by Gasteiger charge is -2.09. The molecule has 5 nitrogen and oxygen atoms in total. The third-order valence-corrected chi connectivity index (χ3v) is 3.77. The molecule has 4 N–H and O–H groups in total. The summed E-state index contributed by atoms with van der Waals surface area (Å²) in [6, 6.07) is 0. The van der Waals surface area contributed by atoms with Crippen molar-refractivity contribution in [2.75, 3.05) is 19.0 Å². The number of thioether (sulfide) groups is 1. The van der Waals surface area contributed by atoms with Crippen molar-refractivity contribution in [3.63, 3.8) is 0 Å². The molecule has 0 aromatic carbocycles. The lowest BCUT2D eigenvalue weighted by molar-refractivity contribution is 0.196. The largest absolute Gasteiger partial charge is 0.379 e. The Morgan fingerprint density at radius 2 is 1.50 bits per heavy atom. The van der Waals surface area contributed by atoms with E-state index in [1.807, 2.05) is 0 Å². The molecule has 0 unspecified atom stereocenters. The number of unbranched alkanes of at least 4 members (excludes halogenated alkanes) is 3. The van der Waals surface area contributed by atoms with Crippen LogP contribution in [-0.2, 0) is 9.05 Å². The topological polar surface area (TPSA) is 88.6 Å². The van der Waals surface area contributed by atoms with E-state index < -0.39 is 8.60 Å². The standard InChI is InChI=1S/C8H19O3P.C5H12N2S/c1-3-5-7-10-12(9)11-8-6-4-2;1-2-3-4-8-5(6)7/h9H,3-8H2,1-2H3;2-4H2,1H3,(H3,6,7). The van der Waals surface area contributed by atoms with Crippen molar-refractivity contribution in [2.45, 2.75) is 59.3 Å². The van der Waals surface area contributed by atoms with Crippen LogP contribution >= 0.6 is 20.4 Å². The molecule has 0 saturated heterocycles. The predicted octanol–water partition coefficient (Wildman–Crippen LogP) is 4.25. The molecule has 0 aliphatic carbocycles. The van der Waals surface area contributed by atoms with Crippen molar-refractivity contribution in [3.8, 4) is 0 Å². The highest BCUT2D eigenvalue weighted by Crippen LogP contribution is 2.32. The Kier molecular flexibility index (Phi) is 21.4. The van der Waals surface area contributed by atoms with E-state index in [1.54, 1.807) is 0 Å². The third-order valence-electron chi connectivity index (χ3n) is 2.15. The van der Waals surface area contributed by atoms with Gasteiger partial charge in [-0.15, -0.1) is 0 Å². The lowest BCUT2D eigenvalue weighted by atomic mass is 10.4. The second-order valence-electron chi connectivity index (χ2n) is 4.18.